The third-order valence-corrected chi connectivity index (χ3v) is 6.87. The second-order valence-corrected chi connectivity index (χ2v) is 8.68. The van der Waals surface area contributed by atoms with E-state index in [1.54, 1.807) is 36.5 Å². The Bertz CT molecular complexity index is 1080. The molecule has 1 atom stereocenters. The first-order valence-corrected chi connectivity index (χ1v) is 10.7. The molecule has 158 valence electrons. The summed E-state index contributed by atoms with van der Waals surface area (Å²) in [6.07, 6.45) is 7.54. The monoisotopic (exact) mass is 416 g/mol. The Hall–Kier alpha value is -3.47. The smallest absolute Gasteiger partial charge is 0.247 e. The van der Waals surface area contributed by atoms with Crippen LogP contribution >= 0.6 is 0 Å². The van der Waals surface area contributed by atoms with Crippen molar-refractivity contribution < 1.29 is 9.59 Å². The molecule has 3 aliphatic rings. The van der Waals surface area contributed by atoms with Crippen molar-refractivity contribution in [2.45, 2.75) is 37.5 Å². The molecule has 2 amide bonds. The van der Waals surface area contributed by atoms with Crippen LogP contribution in [0.25, 0.3) is 0 Å². The van der Waals surface area contributed by atoms with Crippen molar-refractivity contribution in [3.8, 4) is 6.07 Å². The molecule has 2 aromatic rings. The summed E-state index contributed by atoms with van der Waals surface area (Å²) in [5.74, 6) is 1.30. The molecule has 0 aromatic carbocycles. The number of rotatable bonds is 6. The molecule has 0 bridgehead atoms. The molecule has 1 aliphatic heterocycles. The van der Waals surface area contributed by atoms with Gasteiger partial charge >= 0.3 is 0 Å². The van der Waals surface area contributed by atoms with Crippen LogP contribution in [-0.2, 0) is 15.0 Å². The highest BCUT2D eigenvalue weighted by Crippen LogP contribution is 2.52. The van der Waals surface area contributed by atoms with E-state index >= 15 is 0 Å². The highest BCUT2D eigenvalue weighted by atomic mass is 16.2. The molecule has 2 N–H and O–H groups in total. The van der Waals surface area contributed by atoms with Gasteiger partial charge in [0.1, 0.15) is 17.1 Å². The molecule has 0 radical (unpaired) electrons. The number of hydrogen-bond acceptors (Lipinski definition) is 6. The number of aromatic nitrogens is 2. The molecule has 8 nitrogen and oxygen atoms in total. The molecule has 3 heterocycles. The first-order chi connectivity index (χ1) is 15.0. The van der Waals surface area contributed by atoms with Crippen LogP contribution in [0.2, 0.25) is 0 Å². The number of anilines is 3. The highest BCUT2D eigenvalue weighted by molar-refractivity contribution is 6.02. The minimum absolute atomic E-state index is 0.0271. The standard InChI is InChI=1S/C23H24N6O2/c1-25-20(30)22(7-8-22)16-4-5-18(27-13-16)28-19-12-17(6-10-26-19)29-11-9-23(14-24,21(29)31)15-2-3-15/h4-6,10,12-13,15H,2-3,7-9,11H2,1H3,(H,25,30)(H,26,27,28)/t23-/m1/s1. The van der Waals surface area contributed by atoms with Gasteiger partial charge in [-0.2, -0.15) is 5.26 Å². The maximum Gasteiger partial charge on any atom is 0.247 e. The summed E-state index contributed by atoms with van der Waals surface area (Å²) < 4.78 is 0. The number of nitriles is 1. The molecular formula is C23H24N6O2. The first-order valence-electron chi connectivity index (χ1n) is 10.7. The van der Waals surface area contributed by atoms with Gasteiger partial charge in [-0.25, -0.2) is 9.97 Å². The highest BCUT2D eigenvalue weighted by Gasteiger charge is 2.56. The van der Waals surface area contributed by atoms with E-state index in [2.05, 4.69) is 26.7 Å². The molecule has 5 rings (SSSR count). The summed E-state index contributed by atoms with van der Waals surface area (Å²) in [4.78, 5) is 35.7. The van der Waals surface area contributed by atoms with Crippen LogP contribution in [0.1, 0.15) is 37.7 Å². The zero-order chi connectivity index (χ0) is 21.6. The van der Waals surface area contributed by atoms with Crippen molar-refractivity contribution >= 4 is 29.1 Å². The SMILES string of the molecule is CNC(=O)C1(c2ccc(Nc3cc(N4CC[C@@](C#N)(C5CC5)C4=O)ccn3)nc2)CC1. The molecule has 3 fully saturated rings. The number of hydrogen-bond donors (Lipinski definition) is 2. The minimum atomic E-state index is -0.863. The maximum atomic E-state index is 13.0. The fraction of sp³-hybridized carbons (Fsp3) is 0.435. The van der Waals surface area contributed by atoms with E-state index in [0.717, 1.165) is 36.9 Å². The Morgan fingerprint density at radius 3 is 2.61 bits per heavy atom. The maximum absolute atomic E-state index is 13.0. The van der Waals surface area contributed by atoms with Crippen LogP contribution in [0.4, 0.5) is 17.3 Å². The predicted molar refractivity (Wildman–Crippen MR) is 114 cm³/mol. The molecular weight excluding hydrogens is 392 g/mol. The van der Waals surface area contributed by atoms with E-state index in [0.29, 0.717) is 24.6 Å². The zero-order valence-electron chi connectivity index (χ0n) is 17.4. The molecule has 2 saturated carbocycles. The van der Waals surface area contributed by atoms with Gasteiger partial charge in [-0.05, 0) is 55.7 Å². The number of carbonyl (C=O) groups is 2. The van der Waals surface area contributed by atoms with Gasteiger partial charge in [-0.15, -0.1) is 0 Å². The average Bonchev–Trinajstić information content (AvgIpc) is 3.72. The van der Waals surface area contributed by atoms with Gasteiger partial charge in [0.15, 0.2) is 0 Å². The van der Waals surface area contributed by atoms with Crippen molar-refractivity contribution in [2.75, 3.05) is 23.8 Å². The largest absolute Gasteiger partial charge is 0.358 e. The predicted octanol–water partition coefficient (Wildman–Crippen LogP) is 2.65. The van der Waals surface area contributed by atoms with Crippen LogP contribution in [-0.4, -0.2) is 35.4 Å². The number of pyridine rings is 2. The Morgan fingerprint density at radius 2 is 2.00 bits per heavy atom. The third-order valence-electron chi connectivity index (χ3n) is 6.87. The van der Waals surface area contributed by atoms with Crippen LogP contribution in [0.15, 0.2) is 36.7 Å². The Labute approximate surface area is 180 Å². The van der Waals surface area contributed by atoms with Crippen LogP contribution in [0.5, 0.6) is 0 Å². The van der Waals surface area contributed by atoms with E-state index < -0.39 is 10.8 Å². The second kappa shape index (κ2) is 7.05. The quantitative estimate of drug-likeness (QED) is 0.749. The molecule has 2 aliphatic carbocycles. The van der Waals surface area contributed by atoms with Gasteiger partial charge in [-0.1, -0.05) is 6.07 Å². The lowest BCUT2D eigenvalue weighted by Gasteiger charge is -2.21. The summed E-state index contributed by atoms with van der Waals surface area (Å²) in [5.41, 5.74) is 0.337. The summed E-state index contributed by atoms with van der Waals surface area (Å²) in [6, 6.07) is 9.67. The molecule has 31 heavy (non-hydrogen) atoms. The third kappa shape index (κ3) is 3.12. The van der Waals surface area contributed by atoms with E-state index in [-0.39, 0.29) is 17.7 Å². The fourth-order valence-electron chi connectivity index (χ4n) is 4.68. The lowest BCUT2D eigenvalue weighted by atomic mass is 9.83. The van der Waals surface area contributed by atoms with Crippen molar-refractivity contribution in [3.63, 3.8) is 0 Å². The lowest BCUT2D eigenvalue weighted by Crippen LogP contribution is -2.35. The van der Waals surface area contributed by atoms with Crippen LogP contribution in [0, 0.1) is 22.7 Å². The Kier molecular flexibility index (Phi) is 4.43. The van der Waals surface area contributed by atoms with Crippen molar-refractivity contribution in [2.24, 2.45) is 11.3 Å². The normalized spacial score (nSPS) is 23.9. The van der Waals surface area contributed by atoms with Gasteiger partial charge < -0.3 is 15.5 Å². The van der Waals surface area contributed by atoms with E-state index in [1.807, 2.05) is 12.1 Å². The molecule has 0 unspecified atom stereocenters. The van der Waals surface area contributed by atoms with Crippen molar-refractivity contribution in [1.82, 2.24) is 15.3 Å². The van der Waals surface area contributed by atoms with Gasteiger partial charge in [0.25, 0.3) is 0 Å². The molecule has 2 aromatic heterocycles. The van der Waals surface area contributed by atoms with Crippen molar-refractivity contribution in [1.29, 1.82) is 5.26 Å². The van der Waals surface area contributed by atoms with E-state index in [4.69, 9.17) is 0 Å². The minimum Gasteiger partial charge on any atom is -0.358 e. The van der Waals surface area contributed by atoms with Gasteiger partial charge in [-0.3, -0.25) is 9.59 Å². The van der Waals surface area contributed by atoms with Crippen LogP contribution in [0.3, 0.4) is 0 Å². The summed E-state index contributed by atoms with van der Waals surface area (Å²) in [6.45, 7) is 0.543. The van der Waals surface area contributed by atoms with Gasteiger partial charge in [0, 0.05) is 37.7 Å². The summed E-state index contributed by atoms with van der Waals surface area (Å²) >= 11 is 0. The topological polar surface area (TPSA) is 111 Å². The number of nitrogens with zero attached hydrogens (tertiary/aromatic N) is 4. The summed E-state index contributed by atoms with van der Waals surface area (Å²) in [7, 11) is 1.65. The number of carbonyl (C=O) groups excluding carboxylic acids is 2. The van der Waals surface area contributed by atoms with Crippen LogP contribution < -0.4 is 15.5 Å². The van der Waals surface area contributed by atoms with Crippen molar-refractivity contribution in [3.05, 3.63) is 42.2 Å². The Balaban J connectivity index is 1.32. The number of amides is 2. The fourth-order valence-corrected chi connectivity index (χ4v) is 4.68. The summed E-state index contributed by atoms with van der Waals surface area (Å²) in [5, 5.41) is 15.6. The second-order valence-electron chi connectivity index (χ2n) is 8.68. The first kappa shape index (κ1) is 19.5. The molecule has 8 heteroatoms. The van der Waals surface area contributed by atoms with Gasteiger partial charge in [0.2, 0.25) is 11.8 Å². The lowest BCUT2D eigenvalue weighted by molar-refractivity contribution is -0.124. The number of nitrogens with one attached hydrogen (secondary N) is 2. The molecule has 1 saturated heterocycles. The Morgan fingerprint density at radius 1 is 1.19 bits per heavy atom. The van der Waals surface area contributed by atoms with Gasteiger partial charge in [0.05, 0.1) is 11.5 Å². The average molecular weight is 416 g/mol. The number of likely N-dealkylation sites (N-methyl/N-ethyl adjacent to an activating group) is 1. The molecule has 0 spiro atoms. The zero-order valence-corrected chi connectivity index (χ0v) is 17.4. The van der Waals surface area contributed by atoms with E-state index in [9.17, 15) is 14.9 Å². The van der Waals surface area contributed by atoms with E-state index in [1.165, 1.54) is 0 Å².